The van der Waals surface area contributed by atoms with E-state index >= 15 is 0 Å². The van der Waals surface area contributed by atoms with Crippen molar-refractivity contribution in [2.24, 2.45) is 0 Å². The topological polar surface area (TPSA) is 61.2 Å². The van der Waals surface area contributed by atoms with Crippen molar-refractivity contribution in [2.75, 3.05) is 12.4 Å². The van der Waals surface area contributed by atoms with Crippen molar-refractivity contribution in [2.45, 2.75) is 12.1 Å². The third kappa shape index (κ3) is 3.25. The van der Waals surface area contributed by atoms with Gasteiger partial charge in [0.2, 0.25) is 5.95 Å². The van der Waals surface area contributed by atoms with Crippen molar-refractivity contribution in [3.05, 3.63) is 105 Å². The number of fused-ring (bicyclic) bond motifs is 3. The van der Waals surface area contributed by atoms with E-state index in [1.54, 1.807) is 19.5 Å². The van der Waals surface area contributed by atoms with Gasteiger partial charge in [-0.05, 0) is 42.0 Å². The molecule has 2 aliphatic heterocycles. The van der Waals surface area contributed by atoms with Crippen molar-refractivity contribution in [1.82, 2.24) is 14.8 Å². The highest BCUT2D eigenvalue weighted by Crippen LogP contribution is 2.51. The lowest BCUT2D eigenvalue weighted by atomic mass is 9.84. The molecule has 0 saturated heterocycles. The first-order valence-electron chi connectivity index (χ1n) is 10.4. The fourth-order valence-corrected chi connectivity index (χ4v) is 5.00. The maximum atomic E-state index is 6.67. The number of nitrogens with one attached hydrogen (secondary N) is 1. The number of rotatable bonds is 3. The standard InChI is InChI=1S/C25H18Cl2N4O2/c1-32-16-9-6-14(7-10-16)23-21-22(30-25-28-13-29-31(23)25)18-4-2-3-5-20(18)33-24(21)17-11-8-15(26)12-19(17)27/h2-13,23-24H,1H3,(H,28,29,30)/t23-,24-/m1/s1. The van der Waals surface area contributed by atoms with E-state index < -0.39 is 6.10 Å². The Hall–Kier alpha value is -3.48. The average Bonchev–Trinajstić information content (AvgIpc) is 3.31. The molecule has 3 aromatic carbocycles. The third-order valence-corrected chi connectivity index (χ3v) is 6.56. The maximum absolute atomic E-state index is 6.67. The first-order chi connectivity index (χ1) is 16.1. The van der Waals surface area contributed by atoms with E-state index in [1.807, 2.05) is 65.3 Å². The highest BCUT2D eigenvalue weighted by atomic mass is 35.5. The number of ether oxygens (including phenoxy) is 2. The summed E-state index contributed by atoms with van der Waals surface area (Å²) in [5, 5.41) is 9.13. The van der Waals surface area contributed by atoms with Gasteiger partial charge in [-0.25, -0.2) is 4.68 Å². The molecule has 3 heterocycles. The van der Waals surface area contributed by atoms with Gasteiger partial charge < -0.3 is 14.8 Å². The molecule has 8 heteroatoms. The van der Waals surface area contributed by atoms with Crippen LogP contribution in [0.4, 0.5) is 5.95 Å². The van der Waals surface area contributed by atoms with Crippen LogP contribution < -0.4 is 14.8 Å². The smallest absolute Gasteiger partial charge is 0.226 e. The van der Waals surface area contributed by atoms with E-state index in [1.165, 1.54) is 0 Å². The SMILES string of the molecule is COc1ccc([C@@H]2C3=C(Nc4ncnn42)c2ccccc2O[C@@H]3c2ccc(Cl)cc2Cl)cc1. The Morgan fingerprint density at radius 2 is 1.85 bits per heavy atom. The van der Waals surface area contributed by atoms with Gasteiger partial charge in [0, 0.05) is 26.7 Å². The van der Waals surface area contributed by atoms with Gasteiger partial charge in [-0.1, -0.05) is 53.5 Å². The molecule has 0 bridgehead atoms. The minimum absolute atomic E-state index is 0.269. The fourth-order valence-electron chi connectivity index (χ4n) is 4.50. The van der Waals surface area contributed by atoms with Crippen LogP contribution in [0.2, 0.25) is 10.0 Å². The second-order valence-electron chi connectivity index (χ2n) is 7.82. The zero-order valence-corrected chi connectivity index (χ0v) is 19.0. The van der Waals surface area contributed by atoms with E-state index in [9.17, 15) is 0 Å². The molecule has 0 saturated carbocycles. The molecule has 0 amide bonds. The van der Waals surface area contributed by atoms with Crippen LogP contribution in [-0.2, 0) is 0 Å². The Balaban J connectivity index is 1.62. The molecule has 1 aromatic heterocycles. The van der Waals surface area contributed by atoms with Crippen LogP contribution in [0.15, 0.2) is 78.6 Å². The molecule has 0 unspecified atom stereocenters. The molecule has 0 radical (unpaired) electrons. The van der Waals surface area contributed by atoms with E-state index in [-0.39, 0.29) is 6.04 Å². The van der Waals surface area contributed by atoms with E-state index in [4.69, 9.17) is 32.7 Å². The molecule has 0 fully saturated rings. The van der Waals surface area contributed by atoms with Gasteiger partial charge >= 0.3 is 0 Å². The zero-order chi connectivity index (χ0) is 22.5. The van der Waals surface area contributed by atoms with Gasteiger partial charge in [0.15, 0.2) is 6.10 Å². The number of para-hydroxylation sites is 1. The van der Waals surface area contributed by atoms with Crippen LogP contribution in [-0.4, -0.2) is 21.9 Å². The van der Waals surface area contributed by atoms with Crippen LogP contribution >= 0.6 is 23.2 Å². The van der Waals surface area contributed by atoms with Gasteiger partial charge in [0.05, 0.1) is 12.8 Å². The number of hydrogen-bond donors (Lipinski definition) is 1. The number of nitrogens with zero attached hydrogens (tertiary/aromatic N) is 3. The van der Waals surface area contributed by atoms with Crippen LogP contribution in [0.1, 0.15) is 28.8 Å². The van der Waals surface area contributed by atoms with E-state index in [0.717, 1.165) is 39.5 Å². The van der Waals surface area contributed by atoms with E-state index in [2.05, 4.69) is 15.4 Å². The monoisotopic (exact) mass is 476 g/mol. The number of aromatic nitrogens is 3. The number of hydrogen-bond acceptors (Lipinski definition) is 5. The third-order valence-electron chi connectivity index (χ3n) is 6.00. The molecule has 4 aromatic rings. The van der Waals surface area contributed by atoms with Crippen molar-refractivity contribution < 1.29 is 9.47 Å². The summed E-state index contributed by atoms with van der Waals surface area (Å²) in [6.45, 7) is 0. The average molecular weight is 477 g/mol. The molecule has 164 valence electrons. The van der Waals surface area contributed by atoms with Gasteiger partial charge in [0.1, 0.15) is 23.9 Å². The first-order valence-corrected chi connectivity index (χ1v) is 11.1. The van der Waals surface area contributed by atoms with Crippen LogP contribution in [0.5, 0.6) is 11.5 Å². The molecule has 0 aliphatic carbocycles. The quantitative estimate of drug-likeness (QED) is 0.383. The Labute approximate surface area is 200 Å². The molecule has 2 aliphatic rings. The normalized spacial score (nSPS) is 18.5. The Morgan fingerprint density at radius 3 is 2.64 bits per heavy atom. The molecule has 1 N–H and O–H groups in total. The summed E-state index contributed by atoms with van der Waals surface area (Å²) in [7, 11) is 1.65. The largest absolute Gasteiger partial charge is 0.497 e. The molecular weight excluding hydrogens is 459 g/mol. The number of methoxy groups -OCH3 is 1. The number of anilines is 1. The molecule has 6 rings (SSSR count). The second kappa shape index (κ2) is 7.83. The lowest BCUT2D eigenvalue weighted by Crippen LogP contribution is -2.32. The fraction of sp³-hybridized carbons (Fsp3) is 0.120. The van der Waals surface area contributed by atoms with Gasteiger partial charge in [-0.15, -0.1) is 0 Å². The molecule has 0 spiro atoms. The predicted octanol–water partition coefficient (Wildman–Crippen LogP) is 6.15. The lowest BCUT2D eigenvalue weighted by molar-refractivity contribution is 0.223. The second-order valence-corrected chi connectivity index (χ2v) is 8.66. The Morgan fingerprint density at radius 1 is 1.03 bits per heavy atom. The molecule has 2 atom stereocenters. The van der Waals surface area contributed by atoms with Gasteiger partial charge in [0.25, 0.3) is 0 Å². The number of halogens is 2. The summed E-state index contributed by atoms with van der Waals surface area (Å²) in [6, 6.07) is 21.1. The zero-order valence-electron chi connectivity index (χ0n) is 17.5. The van der Waals surface area contributed by atoms with Crippen LogP contribution in [0.3, 0.4) is 0 Å². The van der Waals surface area contributed by atoms with Gasteiger partial charge in [-0.2, -0.15) is 10.1 Å². The summed E-state index contributed by atoms with van der Waals surface area (Å²) >= 11 is 12.9. The molecule has 6 nitrogen and oxygen atoms in total. The van der Waals surface area contributed by atoms with E-state index in [0.29, 0.717) is 16.0 Å². The highest BCUT2D eigenvalue weighted by Gasteiger charge is 2.41. The highest BCUT2D eigenvalue weighted by molar-refractivity contribution is 6.35. The summed E-state index contributed by atoms with van der Waals surface area (Å²) in [5.74, 6) is 2.21. The Kier molecular flexibility index (Phi) is 4.78. The van der Waals surface area contributed by atoms with Crippen molar-refractivity contribution in [3.63, 3.8) is 0 Å². The Bertz CT molecular complexity index is 1400. The van der Waals surface area contributed by atoms with Crippen molar-refractivity contribution in [1.29, 1.82) is 0 Å². The van der Waals surface area contributed by atoms with Gasteiger partial charge in [-0.3, -0.25) is 0 Å². The lowest BCUT2D eigenvalue weighted by Gasteiger charge is -2.39. The summed E-state index contributed by atoms with van der Waals surface area (Å²) in [4.78, 5) is 4.45. The van der Waals surface area contributed by atoms with Crippen molar-refractivity contribution in [3.8, 4) is 11.5 Å². The molecule has 33 heavy (non-hydrogen) atoms. The number of benzene rings is 3. The summed E-state index contributed by atoms with van der Waals surface area (Å²) < 4.78 is 13.8. The summed E-state index contributed by atoms with van der Waals surface area (Å²) in [6.07, 6.45) is 1.09. The van der Waals surface area contributed by atoms with Crippen molar-refractivity contribution >= 4 is 34.8 Å². The minimum Gasteiger partial charge on any atom is -0.497 e. The minimum atomic E-state index is -0.461. The maximum Gasteiger partial charge on any atom is 0.226 e. The summed E-state index contributed by atoms with van der Waals surface area (Å²) in [5.41, 5.74) is 4.73. The predicted molar refractivity (Wildman–Crippen MR) is 128 cm³/mol. The first kappa shape index (κ1) is 20.1. The molecular formula is C25H18Cl2N4O2. The van der Waals surface area contributed by atoms with Crippen LogP contribution in [0.25, 0.3) is 5.70 Å². The van der Waals surface area contributed by atoms with Crippen LogP contribution in [0, 0.1) is 0 Å².